The zero-order valence-electron chi connectivity index (χ0n) is 14.0. The summed E-state index contributed by atoms with van der Waals surface area (Å²) in [6.07, 6.45) is 0.109. The summed E-state index contributed by atoms with van der Waals surface area (Å²) in [4.78, 5) is 0. The molecule has 0 aliphatic heterocycles. The van der Waals surface area contributed by atoms with Crippen LogP contribution in [-0.4, -0.2) is 12.2 Å². The van der Waals surface area contributed by atoms with Crippen LogP contribution < -0.4 is 14.8 Å². The second-order valence-corrected chi connectivity index (χ2v) is 6.08. The van der Waals surface area contributed by atoms with Crippen molar-refractivity contribution >= 4 is 14.5 Å². The van der Waals surface area contributed by atoms with Crippen LogP contribution in [0.3, 0.4) is 0 Å². The Balaban J connectivity index is 2.69. The third-order valence-corrected chi connectivity index (χ3v) is 3.33. The minimum Gasteiger partial charge on any atom is -0.490 e. The zero-order valence-corrected chi connectivity index (χ0v) is 14.2. The molecule has 0 aliphatic carbocycles. The van der Waals surface area contributed by atoms with E-state index < -0.39 is 0 Å². The van der Waals surface area contributed by atoms with E-state index in [-0.39, 0.29) is 12.2 Å². The maximum atomic E-state index is 8.28. The molecule has 1 atom stereocenters. The highest BCUT2D eigenvalue weighted by Crippen LogP contribution is 2.39. The van der Waals surface area contributed by atoms with Crippen molar-refractivity contribution in [1.29, 1.82) is 0 Å². The summed E-state index contributed by atoms with van der Waals surface area (Å²) in [5.41, 5.74) is 1.68. The first-order valence-corrected chi connectivity index (χ1v) is 7.79. The topological polar surface area (TPSA) is 18.5 Å². The quantitative estimate of drug-likeness (QED) is 0.761. The van der Waals surface area contributed by atoms with Gasteiger partial charge in [-0.3, -0.25) is 0 Å². The van der Waals surface area contributed by atoms with E-state index in [9.17, 15) is 0 Å². The molecule has 2 nitrogen and oxygen atoms in total. The number of benzene rings is 2. The summed E-state index contributed by atoms with van der Waals surface area (Å²) < 4.78 is 20.2. The van der Waals surface area contributed by atoms with E-state index in [0.29, 0.717) is 6.04 Å². The van der Waals surface area contributed by atoms with Gasteiger partial charge in [0.25, 0.3) is 0 Å². The Bertz CT molecular complexity index is 605. The fraction of sp³-hybridized carbons (Fsp3) is 0.333. The van der Waals surface area contributed by atoms with Crippen molar-refractivity contribution in [2.45, 2.75) is 39.9 Å². The molecule has 1 unspecified atom stereocenters. The number of hydrogen-bond donors (Lipinski definition) is 0. The minimum absolute atomic E-state index is 0.0545. The predicted octanol–water partition coefficient (Wildman–Crippen LogP) is 4.43. The lowest BCUT2D eigenvalue weighted by Gasteiger charge is -2.20. The van der Waals surface area contributed by atoms with E-state index in [1.165, 1.54) is 0 Å². The molecule has 2 rings (SSSR count). The molecular weight excluding hydrogens is 279 g/mol. The molecule has 0 saturated heterocycles. The standard InChI is InChI=1S/C18H23O2P/c1-12(2)19-15-9-7-10-16(20-13(3)4)18(15)14-8-5-6-11-17(14)21/h5-13H,21H2,1-4H3/i8D. The van der Waals surface area contributed by atoms with Crippen molar-refractivity contribution < 1.29 is 10.8 Å². The van der Waals surface area contributed by atoms with Gasteiger partial charge in [-0.15, -0.1) is 9.24 Å². The molecule has 0 aliphatic rings. The van der Waals surface area contributed by atoms with Gasteiger partial charge in [-0.2, -0.15) is 0 Å². The Morgan fingerprint density at radius 2 is 1.48 bits per heavy atom. The van der Waals surface area contributed by atoms with E-state index in [4.69, 9.17) is 10.8 Å². The smallest absolute Gasteiger partial charge is 0.131 e. The van der Waals surface area contributed by atoms with Gasteiger partial charge in [0.05, 0.1) is 19.1 Å². The molecule has 2 aromatic rings. The van der Waals surface area contributed by atoms with Crippen LogP contribution in [0.1, 0.15) is 29.1 Å². The van der Waals surface area contributed by atoms with Gasteiger partial charge in [-0.1, -0.05) is 30.3 Å². The Labute approximate surface area is 131 Å². The van der Waals surface area contributed by atoms with Crippen LogP contribution in [-0.2, 0) is 0 Å². The molecule has 21 heavy (non-hydrogen) atoms. The first-order valence-electron chi connectivity index (χ1n) is 7.72. The number of hydrogen-bond acceptors (Lipinski definition) is 2. The summed E-state index contributed by atoms with van der Waals surface area (Å²) in [6, 6.07) is 11.9. The summed E-state index contributed by atoms with van der Waals surface area (Å²) in [7, 11) is 2.70. The van der Waals surface area contributed by atoms with Crippen LogP contribution in [0.2, 0.25) is 0 Å². The van der Waals surface area contributed by atoms with Crippen LogP contribution in [0.15, 0.2) is 42.4 Å². The van der Waals surface area contributed by atoms with E-state index in [0.717, 1.165) is 27.9 Å². The highest BCUT2D eigenvalue weighted by Gasteiger charge is 2.16. The van der Waals surface area contributed by atoms with Crippen LogP contribution in [0.25, 0.3) is 11.1 Å². The van der Waals surface area contributed by atoms with E-state index in [2.05, 4.69) is 9.24 Å². The van der Waals surface area contributed by atoms with Gasteiger partial charge < -0.3 is 9.47 Å². The van der Waals surface area contributed by atoms with Crippen LogP contribution >= 0.6 is 9.24 Å². The van der Waals surface area contributed by atoms with Gasteiger partial charge in [0.15, 0.2) is 0 Å². The fourth-order valence-electron chi connectivity index (χ4n) is 2.13. The fourth-order valence-corrected chi connectivity index (χ4v) is 2.47. The summed E-state index contributed by atoms with van der Waals surface area (Å²) in [5.74, 6) is 1.49. The van der Waals surface area contributed by atoms with E-state index in [1.807, 2.05) is 58.0 Å². The molecule has 2 aromatic carbocycles. The molecular formula is C18H23O2P. The highest BCUT2D eigenvalue weighted by atomic mass is 31.0. The van der Waals surface area contributed by atoms with Gasteiger partial charge in [-0.25, -0.2) is 0 Å². The molecule has 0 aromatic heterocycles. The average Bonchev–Trinajstić information content (AvgIpc) is 2.40. The average molecular weight is 303 g/mol. The van der Waals surface area contributed by atoms with Gasteiger partial charge in [-0.05, 0) is 50.7 Å². The Hall–Kier alpha value is -1.53. The molecule has 3 heteroatoms. The Kier molecular flexibility index (Phi) is 4.77. The Morgan fingerprint density at radius 3 is 1.95 bits per heavy atom. The van der Waals surface area contributed by atoms with Crippen molar-refractivity contribution in [3.05, 3.63) is 42.4 Å². The maximum Gasteiger partial charge on any atom is 0.131 e. The van der Waals surface area contributed by atoms with Gasteiger partial charge in [0, 0.05) is 0 Å². The van der Waals surface area contributed by atoms with Crippen molar-refractivity contribution in [3.63, 3.8) is 0 Å². The molecule has 0 N–H and O–H groups in total. The molecule has 0 fully saturated rings. The van der Waals surface area contributed by atoms with Gasteiger partial charge in [0.1, 0.15) is 11.5 Å². The molecule has 0 heterocycles. The molecule has 112 valence electrons. The van der Waals surface area contributed by atoms with E-state index >= 15 is 0 Å². The number of ether oxygens (including phenoxy) is 2. The Morgan fingerprint density at radius 1 is 0.905 bits per heavy atom. The van der Waals surface area contributed by atoms with E-state index in [1.54, 1.807) is 6.07 Å². The third-order valence-electron chi connectivity index (χ3n) is 2.85. The second-order valence-electron chi connectivity index (χ2n) is 5.46. The van der Waals surface area contributed by atoms with Crippen LogP contribution in [0.4, 0.5) is 0 Å². The largest absolute Gasteiger partial charge is 0.490 e. The molecule has 0 amide bonds. The lowest BCUT2D eigenvalue weighted by atomic mass is 10.0. The summed E-state index contributed by atoms with van der Waals surface area (Å²) in [5, 5.41) is 0.959. The summed E-state index contributed by atoms with van der Waals surface area (Å²) in [6.45, 7) is 7.98. The normalized spacial score (nSPS) is 11.7. The molecule has 0 radical (unpaired) electrons. The van der Waals surface area contributed by atoms with Crippen molar-refractivity contribution in [1.82, 2.24) is 0 Å². The lowest BCUT2D eigenvalue weighted by molar-refractivity contribution is 0.231. The van der Waals surface area contributed by atoms with Crippen molar-refractivity contribution in [2.75, 3.05) is 0 Å². The SMILES string of the molecule is [2H]c1cccc(P)c1-c1c(OC(C)C)cccc1OC(C)C. The first-order chi connectivity index (χ1) is 10.4. The number of rotatable bonds is 5. The monoisotopic (exact) mass is 303 g/mol. The van der Waals surface area contributed by atoms with Crippen LogP contribution in [0, 0.1) is 0 Å². The summed E-state index contributed by atoms with van der Waals surface area (Å²) >= 11 is 0. The zero-order chi connectivity index (χ0) is 16.3. The van der Waals surface area contributed by atoms with Crippen LogP contribution in [0.5, 0.6) is 11.5 Å². The highest BCUT2D eigenvalue weighted by molar-refractivity contribution is 7.28. The molecule has 0 bridgehead atoms. The first kappa shape index (κ1) is 14.4. The molecule has 0 saturated carbocycles. The van der Waals surface area contributed by atoms with Gasteiger partial charge >= 0.3 is 0 Å². The van der Waals surface area contributed by atoms with Crippen molar-refractivity contribution in [3.8, 4) is 22.6 Å². The maximum absolute atomic E-state index is 8.28. The minimum atomic E-state index is 0.0545. The molecule has 0 spiro atoms. The second kappa shape index (κ2) is 6.95. The van der Waals surface area contributed by atoms with Crippen molar-refractivity contribution in [2.24, 2.45) is 0 Å². The predicted molar refractivity (Wildman–Crippen MR) is 92.8 cm³/mol. The third kappa shape index (κ3) is 3.98. The lowest BCUT2D eigenvalue weighted by Crippen LogP contribution is -2.11. The van der Waals surface area contributed by atoms with Gasteiger partial charge in [0.2, 0.25) is 0 Å².